The summed E-state index contributed by atoms with van der Waals surface area (Å²) in [6.45, 7) is 6.01. The van der Waals surface area contributed by atoms with E-state index in [-0.39, 0.29) is 11.9 Å². The molecule has 2 aromatic heterocycles. The van der Waals surface area contributed by atoms with E-state index in [1.165, 1.54) is 21.8 Å². The van der Waals surface area contributed by atoms with Gasteiger partial charge in [0.1, 0.15) is 0 Å². The maximum Gasteiger partial charge on any atom is 0.261 e. The van der Waals surface area contributed by atoms with Crippen LogP contribution in [-0.2, 0) is 0 Å². The Hall–Kier alpha value is -1.68. The first-order valence-electron chi connectivity index (χ1n) is 5.85. The highest BCUT2D eigenvalue weighted by molar-refractivity contribution is 7.14. The summed E-state index contributed by atoms with van der Waals surface area (Å²) in [4.78, 5) is 18.1. The number of aromatic nitrogens is 1. The average Bonchev–Trinajstić information content (AvgIpc) is 2.71. The summed E-state index contributed by atoms with van der Waals surface area (Å²) in [6.07, 6.45) is 3.50. The third-order valence-corrected chi connectivity index (χ3v) is 4.07. The first-order chi connectivity index (χ1) is 8.58. The fourth-order valence-electron chi connectivity index (χ4n) is 1.67. The smallest absolute Gasteiger partial charge is 0.261 e. The second-order valence-electron chi connectivity index (χ2n) is 4.33. The van der Waals surface area contributed by atoms with Crippen molar-refractivity contribution in [1.82, 2.24) is 10.3 Å². The van der Waals surface area contributed by atoms with Gasteiger partial charge in [0, 0.05) is 17.3 Å². The maximum absolute atomic E-state index is 12.1. The number of aryl methyl sites for hydroxylation is 2. The molecule has 4 heteroatoms. The number of rotatable bonds is 3. The minimum atomic E-state index is -0.0334. The van der Waals surface area contributed by atoms with Crippen LogP contribution in [0.5, 0.6) is 0 Å². The van der Waals surface area contributed by atoms with Crippen molar-refractivity contribution in [3.8, 4) is 0 Å². The highest BCUT2D eigenvalue weighted by Crippen LogP contribution is 2.21. The molecule has 0 aromatic carbocycles. The van der Waals surface area contributed by atoms with Crippen LogP contribution in [0.1, 0.15) is 38.6 Å². The van der Waals surface area contributed by atoms with Crippen LogP contribution < -0.4 is 5.32 Å². The monoisotopic (exact) mass is 260 g/mol. The lowest BCUT2D eigenvalue weighted by Gasteiger charge is -2.12. The largest absolute Gasteiger partial charge is 0.345 e. The van der Waals surface area contributed by atoms with Crippen LogP contribution in [0.3, 0.4) is 0 Å². The molecule has 0 saturated carbocycles. The number of thiophene rings is 1. The zero-order valence-corrected chi connectivity index (χ0v) is 11.5. The summed E-state index contributed by atoms with van der Waals surface area (Å²) in [5.41, 5.74) is 2.18. The van der Waals surface area contributed by atoms with Crippen molar-refractivity contribution in [2.75, 3.05) is 0 Å². The molecular weight excluding hydrogens is 244 g/mol. The summed E-state index contributed by atoms with van der Waals surface area (Å²) >= 11 is 1.53. The van der Waals surface area contributed by atoms with Gasteiger partial charge in [-0.3, -0.25) is 9.78 Å². The number of hydrogen-bond donors (Lipinski definition) is 1. The van der Waals surface area contributed by atoms with Crippen LogP contribution >= 0.6 is 11.3 Å². The Kier molecular flexibility index (Phi) is 3.77. The Balaban J connectivity index is 2.08. The molecule has 0 aliphatic heterocycles. The first-order valence-corrected chi connectivity index (χ1v) is 6.67. The van der Waals surface area contributed by atoms with Crippen LogP contribution in [0.25, 0.3) is 0 Å². The van der Waals surface area contributed by atoms with Gasteiger partial charge in [0.05, 0.1) is 10.9 Å². The molecule has 0 fully saturated rings. The predicted molar refractivity (Wildman–Crippen MR) is 73.9 cm³/mol. The van der Waals surface area contributed by atoms with Crippen LogP contribution in [0.4, 0.5) is 0 Å². The van der Waals surface area contributed by atoms with E-state index in [9.17, 15) is 4.79 Å². The Morgan fingerprint density at radius 1 is 1.44 bits per heavy atom. The summed E-state index contributed by atoms with van der Waals surface area (Å²) in [6, 6.07) is 5.74. The molecule has 0 unspecified atom stereocenters. The number of amides is 1. The van der Waals surface area contributed by atoms with Gasteiger partial charge in [-0.1, -0.05) is 6.07 Å². The van der Waals surface area contributed by atoms with Gasteiger partial charge in [-0.15, -0.1) is 11.3 Å². The van der Waals surface area contributed by atoms with E-state index in [0.717, 1.165) is 10.4 Å². The van der Waals surface area contributed by atoms with E-state index in [1.807, 2.05) is 39.0 Å². The molecule has 1 amide bonds. The molecule has 18 heavy (non-hydrogen) atoms. The molecule has 2 aromatic rings. The average molecular weight is 260 g/mol. The van der Waals surface area contributed by atoms with Gasteiger partial charge in [0.25, 0.3) is 5.91 Å². The molecule has 2 rings (SSSR count). The van der Waals surface area contributed by atoms with Gasteiger partial charge < -0.3 is 5.32 Å². The van der Waals surface area contributed by atoms with Gasteiger partial charge in [0.2, 0.25) is 0 Å². The van der Waals surface area contributed by atoms with E-state index >= 15 is 0 Å². The summed E-state index contributed by atoms with van der Waals surface area (Å²) in [5.74, 6) is -0.0208. The standard InChI is InChI=1S/C14H16N2OS/c1-9-7-13(18-11(9)3)14(17)16-10(2)12-5-4-6-15-8-12/h4-8,10H,1-3H3,(H,16,17)/t10-/m0/s1. The van der Waals surface area contributed by atoms with Crippen molar-refractivity contribution in [1.29, 1.82) is 0 Å². The third kappa shape index (κ3) is 2.76. The first kappa shape index (κ1) is 12.8. The molecular formula is C14H16N2OS. The van der Waals surface area contributed by atoms with Crippen LogP contribution in [0.2, 0.25) is 0 Å². The zero-order valence-electron chi connectivity index (χ0n) is 10.7. The number of nitrogens with one attached hydrogen (secondary N) is 1. The SMILES string of the molecule is Cc1cc(C(=O)N[C@@H](C)c2cccnc2)sc1C. The fraction of sp³-hybridized carbons (Fsp3) is 0.286. The highest BCUT2D eigenvalue weighted by atomic mass is 32.1. The molecule has 0 aliphatic carbocycles. The van der Waals surface area contributed by atoms with Crippen molar-refractivity contribution in [3.63, 3.8) is 0 Å². The van der Waals surface area contributed by atoms with Crippen molar-refractivity contribution in [3.05, 3.63) is 51.5 Å². The third-order valence-electron chi connectivity index (χ3n) is 2.92. The fourth-order valence-corrected chi connectivity index (χ4v) is 2.61. The van der Waals surface area contributed by atoms with Crippen molar-refractivity contribution >= 4 is 17.2 Å². The molecule has 94 valence electrons. The molecule has 0 aliphatic rings. The van der Waals surface area contributed by atoms with Gasteiger partial charge in [0.15, 0.2) is 0 Å². The minimum Gasteiger partial charge on any atom is -0.345 e. The maximum atomic E-state index is 12.1. The highest BCUT2D eigenvalue weighted by Gasteiger charge is 2.14. The molecule has 0 saturated heterocycles. The summed E-state index contributed by atoms with van der Waals surface area (Å²) < 4.78 is 0. The molecule has 0 bridgehead atoms. The van der Waals surface area contributed by atoms with Gasteiger partial charge in [-0.2, -0.15) is 0 Å². The number of carbonyl (C=O) groups is 1. The Bertz CT molecular complexity index is 529. The zero-order chi connectivity index (χ0) is 13.1. The number of pyridine rings is 1. The molecule has 2 heterocycles. The van der Waals surface area contributed by atoms with Gasteiger partial charge in [-0.25, -0.2) is 0 Å². The Morgan fingerprint density at radius 2 is 2.22 bits per heavy atom. The number of nitrogens with zero attached hydrogens (tertiary/aromatic N) is 1. The molecule has 1 N–H and O–H groups in total. The molecule has 3 nitrogen and oxygen atoms in total. The minimum absolute atomic E-state index is 0.0208. The molecule has 0 radical (unpaired) electrons. The van der Waals surface area contributed by atoms with Crippen molar-refractivity contribution in [2.45, 2.75) is 26.8 Å². The lowest BCUT2D eigenvalue weighted by Crippen LogP contribution is -2.25. The Morgan fingerprint density at radius 3 is 2.78 bits per heavy atom. The summed E-state index contributed by atoms with van der Waals surface area (Å²) in [7, 11) is 0. The normalized spacial score (nSPS) is 12.2. The number of carbonyl (C=O) groups excluding carboxylic acids is 1. The van der Waals surface area contributed by atoms with E-state index in [1.54, 1.807) is 12.4 Å². The van der Waals surface area contributed by atoms with E-state index < -0.39 is 0 Å². The quantitative estimate of drug-likeness (QED) is 0.920. The van der Waals surface area contributed by atoms with Crippen LogP contribution in [0.15, 0.2) is 30.6 Å². The van der Waals surface area contributed by atoms with E-state index in [0.29, 0.717) is 0 Å². The van der Waals surface area contributed by atoms with E-state index in [2.05, 4.69) is 10.3 Å². The second kappa shape index (κ2) is 5.31. The molecule has 1 atom stereocenters. The second-order valence-corrected chi connectivity index (χ2v) is 5.59. The Labute approximate surface area is 111 Å². The lowest BCUT2D eigenvalue weighted by molar-refractivity contribution is 0.0944. The van der Waals surface area contributed by atoms with Gasteiger partial charge >= 0.3 is 0 Å². The van der Waals surface area contributed by atoms with Crippen LogP contribution in [-0.4, -0.2) is 10.9 Å². The molecule has 0 spiro atoms. The lowest BCUT2D eigenvalue weighted by atomic mass is 10.1. The van der Waals surface area contributed by atoms with Gasteiger partial charge in [-0.05, 0) is 44.0 Å². The topological polar surface area (TPSA) is 42.0 Å². The van der Waals surface area contributed by atoms with Crippen molar-refractivity contribution < 1.29 is 4.79 Å². The van der Waals surface area contributed by atoms with Crippen molar-refractivity contribution in [2.24, 2.45) is 0 Å². The van der Waals surface area contributed by atoms with E-state index in [4.69, 9.17) is 0 Å². The van der Waals surface area contributed by atoms with Crippen LogP contribution in [0, 0.1) is 13.8 Å². The summed E-state index contributed by atoms with van der Waals surface area (Å²) in [5, 5.41) is 2.98. The number of hydrogen-bond acceptors (Lipinski definition) is 3. The predicted octanol–water partition coefficient (Wildman–Crippen LogP) is 3.25.